The number of carbonyl (C=O) groups excluding carboxylic acids is 1. The molecule has 1 aromatic heterocycles. The van der Waals surface area contributed by atoms with Gasteiger partial charge >= 0.3 is 0 Å². The minimum atomic E-state index is -0.108. The molecule has 124 valence electrons. The van der Waals surface area contributed by atoms with Crippen LogP contribution in [0.1, 0.15) is 47.6 Å². The van der Waals surface area contributed by atoms with Gasteiger partial charge in [-0.2, -0.15) is 0 Å². The molecule has 2 aromatic rings. The maximum atomic E-state index is 12.4. The number of amides is 1. The van der Waals surface area contributed by atoms with Gasteiger partial charge in [-0.15, -0.1) is 0 Å². The predicted octanol–water partition coefficient (Wildman–Crippen LogP) is 3.31. The van der Waals surface area contributed by atoms with E-state index in [2.05, 4.69) is 10.5 Å². The molecule has 1 unspecified atom stereocenters. The van der Waals surface area contributed by atoms with Crippen LogP contribution in [0.3, 0.4) is 0 Å². The molecular formula is C18H24N2O3. The van der Waals surface area contributed by atoms with Gasteiger partial charge in [0.25, 0.3) is 5.91 Å². The van der Waals surface area contributed by atoms with Crippen LogP contribution in [-0.4, -0.2) is 24.2 Å². The van der Waals surface area contributed by atoms with Crippen molar-refractivity contribution >= 4 is 5.91 Å². The van der Waals surface area contributed by atoms with Crippen molar-refractivity contribution in [3.8, 4) is 5.75 Å². The molecule has 0 aliphatic rings. The lowest BCUT2D eigenvalue weighted by Crippen LogP contribution is -2.33. The first-order valence-corrected chi connectivity index (χ1v) is 7.94. The first-order chi connectivity index (χ1) is 11.0. The first-order valence-electron chi connectivity index (χ1n) is 7.94. The van der Waals surface area contributed by atoms with E-state index in [1.807, 2.05) is 38.1 Å². The Morgan fingerprint density at radius 1 is 1.35 bits per heavy atom. The largest absolute Gasteiger partial charge is 0.497 e. The highest BCUT2D eigenvalue weighted by Crippen LogP contribution is 2.15. The topological polar surface area (TPSA) is 64.4 Å². The number of methoxy groups -OCH3 is 1. The van der Waals surface area contributed by atoms with Gasteiger partial charge in [-0.05, 0) is 50.8 Å². The lowest BCUT2D eigenvalue weighted by Gasteiger charge is -2.14. The normalized spacial score (nSPS) is 12.0. The summed E-state index contributed by atoms with van der Waals surface area (Å²) in [4.78, 5) is 12.4. The van der Waals surface area contributed by atoms with Crippen molar-refractivity contribution in [3.63, 3.8) is 0 Å². The molecule has 5 nitrogen and oxygen atoms in total. The van der Waals surface area contributed by atoms with Gasteiger partial charge in [0.2, 0.25) is 0 Å². The van der Waals surface area contributed by atoms with Crippen molar-refractivity contribution < 1.29 is 14.1 Å². The van der Waals surface area contributed by atoms with Gasteiger partial charge < -0.3 is 14.6 Å². The Morgan fingerprint density at radius 3 is 2.65 bits per heavy atom. The standard InChI is InChI=1S/C18H24N2O3/c1-5-16-17(13(3)23-20-16)18(21)19-12(2)6-7-14-8-10-15(22-4)11-9-14/h8-12H,5-7H2,1-4H3,(H,19,21). The highest BCUT2D eigenvalue weighted by molar-refractivity contribution is 5.96. The molecule has 0 spiro atoms. The van der Waals surface area contributed by atoms with Gasteiger partial charge in [0, 0.05) is 6.04 Å². The van der Waals surface area contributed by atoms with E-state index in [9.17, 15) is 4.79 Å². The molecule has 5 heteroatoms. The highest BCUT2D eigenvalue weighted by Gasteiger charge is 2.20. The van der Waals surface area contributed by atoms with Gasteiger partial charge in [-0.3, -0.25) is 4.79 Å². The molecule has 0 radical (unpaired) electrons. The third-order valence-electron chi connectivity index (χ3n) is 3.90. The molecule has 0 saturated heterocycles. The summed E-state index contributed by atoms with van der Waals surface area (Å²) in [5.74, 6) is 1.31. The van der Waals surface area contributed by atoms with Crippen LogP contribution >= 0.6 is 0 Å². The second-order valence-electron chi connectivity index (χ2n) is 5.68. The van der Waals surface area contributed by atoms with E-state index in [1.54, 1.807) is 14.0 Å². The van der Waals surface area contributed by atoms with E-state index in [1.165, 1.54) is 5.56 Å². The van der Waals surface area contributed by atoms with Crippen molar-refractivity contribution in [1.29, 1.82) is 0 Å². The molecule has 1 atom stereocenters. The molecule has 0 saturated carbocycles. The van der Waals surface area contributed by atoms with E-state index in [0.717, 1.165) is 18.6 Å². The molecule has 1 N–H and O–H groups in total. The van der Waals surface area contributed by atoms with Crippen LogP contribution in [-0.2, 0) is 12.8 Å². The second kappa shape index (κ2) is 7.81. The van der Waals surface area contributed by atoms with Gasteiger partial charge in [0.05, 0.1) is 12.8 Å². The number of benzene rings is 1. The quantitative estimate of drug-likeness (QED) is 0.851. The van der Waals surface area contributed by atoms with Crippen LogP contribution in [0, 0.1) is 6.92 Å². The molecule has 0 fully saturated rings. The third kappa shape index (κ3) is 4.34. The molecule has 0 aliphatic heterocycles. The Bertz CT molecular complexity index is 647. The van der Waals surface area contributed by atoms with Crippen molar-refractivity contribution in [1.82, 2.24) is 10.5 Å². The minimum absolute atomic E-state index is 0.0728. The Morgan fingerprint density at radius 2 is 2.04 bits per heavy atom. The molecule has 1 heterocycles. The average Bonchev–Trinajstić information content (AvgIpc) is 2.94. The second-order valence-corrected chi connectivity index (χ2v) is 5.68. The number of hydrogen-bond donors (Lipinski definition) is 1. The molecule has 1 amide bonds. The van der Waals surface area contributed by atoms with Crippen LogP contribution < -0.4 is 10.1 Å². The number of aromatic nitrogens is 1. The van der Waals surface area contributed by atoms with Gasteiger partial charge in [-0.25, -0.2) is 0 Å². The maximum absolute atomic E-state index is 12.4. The zero-order valence-corrected chi connectivity index (χ0v) is 14.2. The number of carbonyl (C=O) groups is 1. The molecular weight excluding hydrogens is 292 g/mol. The summed E-state index contributed by atoms with van der Waals surface area (Å²) in [6, 6.07) is 8.07. The van der Waals surface area contributed by atoms with Crippen LogP contribution in [0.25, 0.3) is 0 Å². The van der Waals surface area contributed by atoms with Crippen molar-refractivity contribution in [2.45, 2.75) is 46.1 Å². The lowest BCUT2D eigenvalue weighted by atomic mass is 10.1. The Balaban J connectivity index is 1.89. The zero-order valence-electron chi connectivity index (χ0n) is 14.2. The van der Waals surface area contributed by atoms with E-state index in [-0.39, 0.29) is 11.9 Å². The number of rotatable bonds is 7. The summed E-state index contributed by atoms with van der Waals surface area (Å²) >= 11 is 0. The SMILES string of the molecule is CCc1noc(C)c1C(=O)NC(C)CCc1ccc(OC)cc1. The number of aryl methyl sites for hydroxylation is 3. The van der Waals surface area contributed by atoms with Gasteiger partial charge in [0.1, 0.15) is 17.1 Å². The summed E-state index contributed by atoms with van der Waals surface area (Å²) in [7, 11) is 1.66. The van der Waals surface area contributed by atoms with E-state index in [0.29, 0.717) is 23.4 Å². The number of ether oxygens (including phenoxy) is 1. The average molecular weight is 316 g/mol. The summed E-state index contributed by atoms with van der Waals surface area (Å²) in [5.41, 5.74) is 2.51. The van der Waals surface area contributed by atoms with Crippen molar-refractivity contribution in [2.75, 3.05) is 7.11 Å². The summed E-state index contributed by atoms with van der Waals surface area (Å²) in [6.45, 7) is 5.74. The molecule has 0 bridgehead atoms. The van der Waals surface area contributed by atoms with E-state index >= 15 is 0 Å². The smallest absolute Gasteiger partial charge is 0.257 e. The molecule has 0 aliphatic carbocycles. The van der Waals surface area contributed by atoms with Crippen LogP contribution in [0.2, 0.25) is 0 Å². The van der Waals surface area contributed by atoms with Crippen LogP contribution in [0.5, 0.6) is 5.75 Å². The highest BCUT2D eigenvalue weighted by atomic mass is 16.5. The summed E-state index contributed by atoms with van der Waals surface area (Å²) in [6.07, 6.45) is 2.44. The molecule has 1 aromatic carbocycles. The zero-order chi connectivity index (χ0) is 16.8. The molecule has 23 heavy (non-hydrogen) atoms. The maximum Gasteiger partial charge on any atom is 0.257 e. The van der Waals surface area contributed by atoms with Gasteiger partial charge in [0.15, 0.2) is 0 Å². The number of nitrogens with zero attached hydrogens (tertiary/aromatic N) is 1. The van der Waals surface area contributed by atoms with Crippen molar-refractivity contribution in [2.24, 2.45) is 0 Å². The fourth-order valence-corrected chi connectivity index (χ4v) is 2.49. The minimum Gasteiger partial charge on any atom is -0.497 e. The lowest BCUT2D eigenvalue weighted by molar-refractivity contribution is 0.0936. The van der Waals surface area contributed by atoms with Crippen molar-refractivity contribution in [3.05, 3.63) is 46.8 Å². The third-order valence-corrected chi connectivity index (χ3v) is 3.90. The fraction of sp³-hybridized carbons (Fsp3) is 0.444. The van der Waals surface area contributed by atoms with E-state index < -0.39 is 0 Å². The first kappa shape index (κ1) is 17.1. The monoisotopic (exact) mass is 316 g/mol. The number of nitrogens with one attached hydrogen (secondary N) is 1. The molecule has 2 rings (SSSR count). The van der Waals surface area contributed by atoms with Gasteiger partial charge in [-0.1, -0.05) is 24.2 Å². The summed E-state index contributed by atoms with van der Waals surface area (Å²) in [5, 5.41) is 6.95. The fourth-order valence-electron chi connectivity index (χ4n) is 2.49. The van der Waals surface area contributed by atoms with Crippen LogP contribution in [0.4, 0.5) is 0 Å². The van der Waals surface area contributed by atoms with Crippen LogP contribution in [0.15, 0.2) is 28.8 Å². The van der Waals surface area contributed by atoms with E-state index in [4.69, 9.17) is 9.26 Å². The summed E-state index contributed by atoms with van der Waals surface area (Å²) < 4.78 is 10.3. The predicted molar refractivity (Wildman–Crippen MR) is 88.9 cm³/mol. The Kier molecular flexibility index (Phi) is 5.79. The Hall–Kier alpha value is -2.30. The Labute approximate surface area is 137 Å². The number of hydrogen-bond acceptors (Lipinski definition) is 4.